The minimum absolute atomic E-state index is 0.136. The molecular formula is C14H18FNO. The molecule has 0 spiro atoms. The molecule has 1 amide bonds. The summed E-state index contributed by atoms with van der Waals surface area (Å²) in [6.07, 6.45) is 3.05. The second-order valence-electron chi connectivity index (χ2n) is 5.56. The number of benzene rings is 1. The minimum Gasteiger partial charge on any atom is -0.349 e. The van der Waals surface area contributed by atoms with E-state index in [2.05, 4.69) is 19.2 Å². The van der Waals surface area contributed by atoms with Crippen molar-refractivity contribution in [3.05, 3.63) is 35.6 Å². The van der Waals surface area contributed by atoms with Crippen molar-refractivity contribution in [2.24, 2.45) is 5.41 Å². The Morgan fingerprint density at radius 3 is 2.71 bits per heavy atom. The Hall–Kier alpha value is -1.38. The average Bonchev–Trinajstić information content (AvgIpc) is 2.58. The molecule has 1 aliphatic carbocycles. The van der Waals surface area contributed by atoms with Crippen LogP contribution in [0, 0.1) is 11.2 Å². The number of nitrogens with one attached hydrogen (secondary N) is 1. The molecule has 1 aromatic rings. The molecule has 1 atom stereocenters. The van der Waals surface area contributed by atoms with Crippen LogP contribution in [0.4, 0.5) is 4.39 Å². The maximum Gasteiger partial charge on any atom is 0.254 e. The van der Waals surface area contributed by atoms with Gasteiger partial charge in [0, 0.05) is 6.04 Å². The fourth-order valence-corrected chi connectivity index (χ4v) is 2.47. The molecule has 1 aliphatic rings. The van der Waals surface area contributed by atoms with Crippen LogP contribution in [0.1, 0.15) is 43.5 Å². The fraction of sp³-hybridized carbons (Fsp3) is 0.500. The van der Waals surface area contributed by atoms with Gasteiger partial charge in [-0.25, -0.2) is 4.39 Å². The lowest BCUT2D eigenvalue weighted by Crippen LogP contribution is -2.34. The van der Waals surface area contributed by atoms with Crippen molar-refractivity contribution in [2.75, 3.05) is 0 Å². The second-order valence-corrected chi connectivity index (χ2v) is 5.56. The summed E-state index contributed by atoms with van der Waals surface area (Å²) in [4.78, 5) is 11.9. The summed E-state index contributed by atoms with van der Waals surface area (Å²) >= 11 is 0. The van der Waals surface area contributed by atoms with Gasteiger partial charge in [-0.15, -0.1) is 0 Å². The molecule has 0 bridgehead atoms. The van der Waals surface area contributed by atoms with Gasteiger partial charge < -0.3 is 5.32 Å². The van der Waals surface area contributed by atoms with E-state index in [1.165, 1.54) is 12.1 Å². The molecule has 0 aromatic heterocycles. The SMILES string of the molecule is CC1(C)CCC(NC(=O)c2ccccc2F)C1. The highest BCUT2D eigenvalue weighted by atomic mass is 19.1. The normalized spacial score (nSPS) is 22.4. The molecule has 0 saturated heterocycles. The number of hydrogen-bond acceptors (Lipinski definition) is 1. The lowest BCUT2D eigenvalue weighted by molar-refractivity contribution is 0.0932. The zero-order valence-electron chi connectivity index (χ0n) is 10.3. The number of carbonyl (C=O) groups excluding carboxylic acids is 1. The first-order valence-corrected chi connectivity index (χ1v) is 6.03. The van der Waals surface area contributed by atoms with Crippen LogP contribution in [0.25, 0.3) is 0 Å². The van der Waals surface area contributed by atoms with E-state index in [9.17, 15) is 9.18 Å². The van der Waals surface area contributed by atoms with E-state index in [-0.39, 0.29) is 22.9 Å². The van der Waals surface area contributed by atoms with Crippen molar-refractivity contribution in [1.82, 2.24) is 5.32 Å². The van der Waals surface area contributed by atoms with Gasteiger partial charge in [0.05, 0.1) is 5.56 Å². The van der Waals surface area contributed by atoms with E-state index in [0.717, 1.165) is 19.3 Å². The van der Waals surface area contributed by atoms with E-state index >= 15 is 0 Å². The largest absolute Gasteiger partial charge is 0.349 e. The van der Waals surface area contributed by atoms with Crippen LogP contribution < -0.4 is 5.32 Å². The number of carbonyl (C=O) groups is 1. The molecule has 3 heteroatoms. The molecule has 1 saturated carbocycles. The van der Waals surface area contributed by atoms with Crippen LogP contribution in [0.3, 0.4) is 0 Å². The van der Waals surface area contributed by atoms with Crippen LogP contribution in [0.5, 0.6) is 0 Å². The first-order chi connectivity index (χ1) is 7.98. The zero-order valence-corrected chi connectivity index (χ0v) is 10.3. The van der Waals surface area contributed by atoms with E-state index in [1.54, 1.807) is 12.1 Å². The number of rotatable bonds is 2. The molecule has 92 valence electrons. The predicted octanol–water partition coefficient (Wildman–Crippen LogP) is 3.13. The Kier molecular flexibility index (Phi) is 3.18. The molecule has 1 N–H and O–H groups in total. The maximum absolute atomic E-state index is 13.4. The standard InChI is InChI=1S/C14H18FNO/c1-14(2)8-7-10(9-14)16-13(17)11-5-3-4-6-12(11)15/h3-6,10H,7-9H2,1-2H3,(H,16,17). The van der Waals surface area contributed by atoms with E-state index in [0.29, 0.717) is 0 Å². The van der Waals surface area contributed by atoms with Gasteiger partial charge in [-0.05, 0) is 36.8 Å². The Bertz CT molecular complexity index is 428. The Morgan fingerprint density at radius 1 is 1.41 bits per heavy atom. The first-order valence-electron chi connectivity index (χ1n) is 6.03. The maximum atomic E-state index is 13.4. The van der Waals surface area contributed by atoms with Gasteiger partial charge in [0.1, 0.15) is 5.82 Å². The number of halogens is 1. The van der Waals surface area contributed by atoms with Gasteiger partial charge in [0.15, 0.2) is 0 Å². The summed E-state index contributed by atoms with van der Waals surface area (Å²) in [5.41, 5.74) is 0.421. The van der Waals surface area contributed by atoms with Gasteiger partial charge >= 0.3 is 0 Å². The summed E-state index contributed by atoms with van der Waals surface area (Å²) in [5.74, 6) is -0.756. The van der Waals surface area contributed by atoms with Crippen molar-refractivity contribution in [3.8, 4) is 0 Å². The van der Waals surface area contributed by atoms with Crippen LogP contribution in [0.2, 0.25) is 0 Å². The lowest BCUT2D eigenvalue weighted by atomic mass is 9.92. The van der Waals surface area contributed by atoms with Crippen LogP contribution >= 0.6 is 0 Å². The summed E-state index contributed by atoms with van der Waals surface area (Å²) in [7, 11) is 0. The van der Waals surface area contributed by atoms with Crippen LogP contribution in [-0.2, 0) is 0 Å². The van der Waals surface area contributed by atoms with E-state index < -0.39 is 5.82 Å². The van der Waals surface area contributed by atoms with Crippen LogP contribution in [0.15, 0.2) is 24.3 Å². The summed E-state index contributed by atoms with van der Waals surface area (Å²) < 4.78 is 13.4. The summed E-state index contributed by atoms with van der Waals surface area (Å²) in [6, 6.07) is 6.27. The third-order valence-corrected chi connectivity index (χ3v) is 3.42. The van der Waals surface area contributed by atoms with Gasteiger partial charge in [0.2, 0.25) is 0 Å². The molecule has 0 radical (unpaired) electrons. The summed E-state index contributed by atoms with van der Waals surface area (Å²) in [5, 5.41) is 2.91. The van der Waals surface area contributed by atoms with Gasteiger partial charge in [-0.1, -0.05) is 26.0 Å². The second kappa shape index (κ2) is 4.47. The van der Waals surface area contributed by atoms with Crippen molar-refractivity contribution in [3.63, 3.8) is 0 Å². The van der Waals surface area contributed by atoms with Gasteiger partial charge in [-0.3, -0.25) is 4.79 Å². The third kappa shape index (κ3) is 2.84. The Labute approximate surface area is 101 Å². The first kappa shape index (κ1) is 12.1. The van der Waals surface area contributed by atoms with Gasteiger partial charge in [0.25, 0.3) is 5.91 Å². The molecule has 1 aromatic carbocycles. The highest BCUT2D eigenvalue weighted by Crippen LogP contribution is 2.36. The molecule has 17 heavy (non-hydrogen) atoms. The van der Waals surface area contributed by atoms with Crippen molar-refractivity contribution >= 4 is 5.91 Å². The van der Waals surface area contributed by atoms with E-state index in [1.807, 2.05) is 0 Å². The highest BCUT2D eigenvalue weighted by Gasteiger charge is 2.32. The molecule has 0 aliphatic heterocycles. The third-order valence-electron chi connectivity index (χ3n) is 3.42. The van der Waals surface area contributed by atoms with Gasteiger partial charge in [-0.2, -0.15) is 0 Å². The molecule has 2 nitrogen and oxygen atoms in total. The van der Waals surface area contributed by atoms with Crippen LogP contribution in [-0.4, -0.2) is 11.9 Å². The molecule has 2 rings (SSSR count). The number of amides is 1. The highest BCUT2D eigenvalue weighted by molar-refractivity contribution is 5.94. The zero-order chi connectivity index (χ0) is 12.5. The quantitative estimate of drug-likeness (QED) is 0.838. The van der Waals surface area contributed by atoms with Crippen molar-refractivity contribution in [1.29, 1.82) is 0 Å². The molecule has 0 heterocycles. The minimum atomic E-state index is -0.456. The molecule has 1 fully saturated rings. The lowest BCUT2D eigenvalue weighted by Gasteiger charge is -2.17. The fourth-order valence-electron chi connectivity index (χ4n) is 2.47. The smallest absolute Gasteiger partial charge is 0.254 e. The monoisotopic (exact) mass is 235 g/mol. The van der Waals surface area contributed by atoms with Crippen molar-refractivity contribution in [2.45, 2.75) is 39.2 Å². The van der Waals surface area contributed by atoms with E-state index in [4.69, 9.17) is 0 Å². The number of hydrogen-bond donors (Lipinski definition) is 1. The topological polar surface area (TPSA) is 29.1 Å². The Balaban J connectivity index is 2.01. The predicted molar refractivity (Wildman–Crippen MR) is 65.3 cm³/mol. The average molecular weight is 235 g/mol. The molecule has 1 unspecified atom stereocenters. The molecular weight excluding hydrogens is 217 g/mol. The Morgan fingerprint density at radius 2 is 2.12 bits per heavy atom. The summed E-state index contributed by atoms with van der Waals surface area (Å²) in [6.45, 7) is 4.39. The van der Waals surface area contributed by atoms with Crippen molar-refractivity contribution < 1.29 is 9.18 Å².